The highest BCUT2D eigenvalue weighted by Crippen LogP contribution is 2.35. The van der Waals surface area contributed by atoms with Crippen molar-refractivity contribution in [3.8, 4) is 5.75 Å². The van der Waals surface area contributed by atoms with Crippen LogP contribution in [0.25, 0.3) is 5.65 Å². The van der Waals surface area contributed by atoms with Crippen molar-refractivity contribution in [3.05, 3.63) is 57.2 Å². The van der Waals surface area contributed by atoms with E-state index in [0.717, 1.165) is 47.6 Å². The van der Waals surface area contributed by atoms with Crippen LogP contribution < -0.4 is 10.1 Å². The Balaban J connectivity index is 0.00000228. The minimum atomic E-state index is -0.415. The maximum atomic E-state index is 14.0. The Labute approximate surface area is 201 Å². The van der Waals surface area contributed by atoms with Gasteiger partial charge in [0.1, 0.15) is 17.7 Å². The number of carbonyl (C=O) groups is 1. The third-order valence-electron chi connectivity index (χ3n) is 6.94. The number of fused-ring (bicyclic) bond motifs is 5. The number of rotatable bonds is 3. The van der Waals surface area contributed by atoms with Gasteiger partial charge in [-0.2, -0.15) is 5.10 Å². The van der Waals surface area contributed by atoms with Crippen LogP contribution in [0.5, 0.6) is 5.75 Å². The molecule has 10 heteroatoms. The average Bonchev–Trinajstić information content (AvgIpc) is 3.53. The molecule has 1 amide bonds. The zero-order valence-electron chi connectivity index (χ0n) is 18.3. The molecule has 3 aromatic rings. The number of nitrogens with one attached hydrogen (secondary N) is 1. The molecule has 0 saturated carbocycles. The first-order valence-corrected chi connectivity index (χ1v) is 11.3. The van der Waals surface area contributed by atoms with Gasteiger partial charge < -0.3 is 15.0 Å². The van der Waals surface area contributed by atoms with Crippen molar-refractivity contribution in [3.63, 3.8) is 0 Å². The van der Waals surface area contributed by atoms with Crippen molar-refractivity contribution in [2.24, 2.45) is 0 Å². The molecule has 2 fully saturated rings. The summed E-state index contributed by atoms with van der Waals surface area (Å²) in [4.78, 5) is 19.7. The van der Waals surface area contributed by atoms with E-state index in [0.29, 0.717) is 35.5 Å². The van der Waals surface area contributed by atoms with E-state index in [1.165, 1.54) is 18.2 Å². The monoisotopic (exact) mass is 491 g/mol. The van der Waals surface area contributed by atoms with Crippen molar-refractivity contribution < 1.29 is 13.9 Å². The number of ether oxygens (including phenoxy) is 1. The van der Waals surface area contributed by atoms with Crippen molar-refractivity contribution in [2.45, 2.75) is 64.4 Å². The van der Waals surface area contributed by atoms with E-state index in [1.54, 1.807) is 9.42 Å². The van der Waals surface area contributed by atoms with Crippen molar-refractivity contribution in [1.29, 1.82) is 0 Å². The molecule has 2 saturated heterocycles. The Kier molecular flexibility index (Phi) is 5.50. The van der Waals surface area contributed by atoms with Gasteiger partial charge in [0, 0.05) is 30.1 Å². The Bertz CT molecular complexity index is 1280. The first-order valence-electron chi connectivity index (χ1n) is 10.9. The summed E-state index contributed by atoms with van der Waals surface area (Å²) in [5.41, 5.74) is 4.38. The predicted octanol–water partition coefficient (Wildman–Crippen LogP) is 3.99. The van der Waals surface area contributed by atoms with Gasteiger partial charge in [0.2, 0.25) is 0 Å². The zero-order chi connectivity index (χ0) is 22.1. The lowest BCUT2D eigenvalue weighted by molar-refractivity contribution is 0.0740. The molecule has 3 atom stereocenters. The molecule has 3 aliphatic heterocycles. The van der Waals surface area contributed by atoms with E-state index in [-0.39, 0.29) is 30.5 Å². The Morgan fingerprint density at radius 3 is 2.82 bits per heavy atom. The molecule has 6 rings (SSSR count). The van der Waals surface area contributed by atoms with Gasteiger partial charge in [0.05, 0.1) is 40.8 Å². The molecular weight excluding hydrogens is 468 g/mol. The molecule has 2 unspecified atom stereocenters. The smallest absolute Gasteiger partial charge is 0.258 e. The highest BCUT2D eigenvalue weighted by atomic mass is 35.5. The molecule has 1 N–H and O–H groups in total. The number of benzene rings is 1. The van der Waals surface area contributed by atoms with Crippen LogP contribution >= 0.6 is 24.0 Å². The largest absolute Gasteiger partial charge is 0.488 e. The highest BCUT2D eigenvalue weighted by molar-refractivity contribution is 6.31. The molecule has 2 bridgehead atoms. The van der Waals surface area contributed by atoms with E-state index < -0.39 is 5.82 Å². The van der Waals surface area contributed by atoms with Crippen LogP contribution in [0.2, 0.25) is 5.02 Å². The molecule has 0 spiro atoms. The van der Waals surface area contributed by atoms with Gasteiger partial charge in [-0.15, -0.1) is 12.4 Å². The number of aromatic nitrogens is 3. The second kappa shape index (κ2) is 8.11. The number of hydrogen-bond acceptors (Lipinski definition) is 5. The second-order valence-electron chi connectivity index (χ2n) is 9.00. The van der Waals surface area contributed by atoms with Crippen LogP contribution in [-0.4, -0.2) is 43.6 Å². The van der Waals surface area contributed by atoms with E-state index >= 15 is 0 Å². The summed E-state index contributed by atoms with van der Waals surface area (Å²) in [5.74, 6) is -0.304. The quantitative estimate of drug-likeness (QED) is 0.599. The standard InChI is InChI=1S/C23H23ClFN5O2.ClH/c1-11-21(24)12(2)30-22(26-11)16-9-29(10-18(16)28-30)23(31)15-5-3-13(25)7-19(15)32-20-8-14-4-6-17(20)27-14;/h3,5,7,14,17,20,27H,4,6,8-10H2,1-2H3;1H/t14?,17?,20-;/m1./s1. The molecule has 1 aromatic carbocycles. The fraction of sp³-hybridized carbons (Fsp3) is 0.435. The zero-order valence-corrected chi connectivity index (χ0v) is 19.8. The number of carbonyl (C=O) groups excluding carboxylic acids is 1. The van der Waals surface area contributed by atoms with E-state index in [2.05, 4.69) is 15.4 Å². The molecule has 174 valence electrons. The molecule has 33 heavy (non-hydrogen) atoms. The summed E-state index contributed by atoms with van der Waals surface area (Å²) in [6.45, 7) is 4.51. The van der Waals surface area contributed by atoms with Crippen LogP contribution in [0.3, 0.4) is 0 Å². The minimum Gasteiger partial charge on any atom is -0.488 e. The van der Waals surface area contributed by atoms with Gasteiger partial charge in [0.15, 0.2) is 5.65 Å². The summed E-state index contributed by atoms with van der Waals surface area (Å²) in [6, 6.07) is 4.86. The van der Waals surface area contributed by atoms with E-state index in [1.807, 2.05) is 13.8 Å². The van der Waals surface area contributed by atoms with Crippen LogP contribution in [0.15, 0.2) is 18.2 Å². The highest BCUT2D eigenvalue weighted by Gasteiger charge is 2.41. The fourth-order valence-corrected chi connectivity index (χ4v) is 5.39. The maximum Gasteiger partial charge on any atom is 0.258 e. The molecular formula is C23H24Cl2FN5O2. The third kappa shape index (κ3) is 3.55. The topological polar surface area (TPSA) is 71.8 Å². The van der Waals surface area contributed by atoms with Gasteiger partial charge >= 0.3 is 0 Å². The summed E-state index contributed by atoms with van der Waals surface area (Å²) in [7, 11) is 0. The fourth-order valence-electron chi connectivity index (χ4n) is 5.26. The van der Waals surface area contributed by atoms with Crippen molar-refractivity contribution >= 4 is 35.6 Å². The van der Waals surface area contributed by atoms with Crippen LogP contribution in [0.1, 0.15) is 52.3 Å². The maximum absolute atomic E-state index is 14.0. The lowest BCUT2D eigenvalue weighted by atomic mass is 9.97. The van der Waals surface area contributed by atoms with Crippen LogP contribution in [0.4, 0.5) is 4.39 Å². The molecule has 0 radical (unpaired) electrons. The third-order valence-corrected chi connectivity index (χ3v) is 7.48. The average molecular weight is 492 g/mol. The number of amides is 1. The van der Waals surface area contributed by atoms with E-state index in [9.17, 15) is 9.18 Å². The first-order chi connectivity index (χ1) is 15.4. The Morgan fingerprint density at radius 2 is 2.09 bits per heavy atom. The molecule has 2 aromatic heterocycles. The van der Waals surface area contributed by atoms with Crippen LogP contribution in [0, 0.1) is 19.7 Å². The molecule has 0 aliphatic carbocycles. The molecule has 5 heterocycles. The molecule has 7 nitrogen and oxygen atoms in total. The van der Waals surface area contributed by atoms with Gasteiger partial charge in [-0.3, -0.25) is 4.79 Å². The van der Waals surface area contributed by atoms with Gasteiger partial charge in [-0.05, 0) is 38.8 Å². The Hall–Kier alpha value is -2.42. The number of halogens is 3. The lowest BCUT2D eigenvalue weighted by Gasteiger charge is -2.24. The lowest BCUT2D eigenvalue weighted by Crippen LogP contribution is -2.33. The van der Waals surface area contributed by atoms with Gasteiger partial charge in [0.25, 0.3) is 5.91 Å². The minimum absolute atomic E-state index is 0. The van der Waals surface area contributed by atoms with Crippen molar-refractivity contribution in [1.82, 2.24) is 24.8 Å². The Morgan fingerprint density at radius 1 is 1.27 bits per heavy atom. The predicted molar refractivity (Wildman–Crippen MR) is 124 cm³/mol. The summed E-state index contributed by atoms with van der Waals surface area (Å²) in [6.07, 6.45) is 3.03. The summed E-state index contributed by atoms with van der Waals surface area (Å²) >= 11 is 6.33. The second-order valence-corrected chi connectivity index (χ2v) is 9.38. The van der Waals surface area contributed by atoms with Crippen LogP contribution in [-0.2, 0) is 13.1 Å². The number of nitrogens with zero attached hydrogens (tertiary/aromatic N) is 4. The molecule has 3 aliphatic rings. The normalized spacial score (nSPS) is 23.2. The summed E-state index contributed by atoms with van der Waals surface area (Å²) in [5, 5.41) is 8.75. The van der Waals surface area contributed by atoms with Gasteiger partial charge in [-0.1, -0.05) is 11.6 Å². The van der Waals surface area contributed by atoms with E-state index in [4.69, 9.17) is 16.3 Å². The van der Waals surface area contributed by atoms with Gasteiger partial charge in [-0.25, -0.2) is 13.9 Å². The summed E-state index contributed by atoms with van der Waals surface area (Å²) < 4.78 is 22.0. The first kappa shape index (κ1) is 22.4. The van der Waals surface area contributed by atoms with Crippen molar-refractivity contribution in [2.75, 3.05) is 0 Å². The number of hydrogen-bond donors (Lipinski definition) is 1. The SMILES string of the molecule is Cc1nc2c3c(nn2c(C)c1Cl)CN(C(=O)c1ccc(F)cc1O[C@@H]1CC2CCC1N2)C3.Cl. The number of aryl methyl sites for hydroxylation is 2.